The Kier molecular flexibility index (Phi) is 7.01. The fourth-order valence-electron chi connectivity index (χ4n) is 5.98. The van der Waals surface area contributed by atoms with Crippen molar-refractivity contribution in [1.29, 1.82) is 5.26 Å². The minimum atomic E-state index is -9.89. The Hall–Kier alpha value is -4.10. The second-order valence-electron chi connectivity index (χ2n) is 11.6. The van der Waals surface area contributed by atoms with Crippen molar-refractivity contribution in [1.82, 2.24) is 29.6 Å². The van der Waals surface area contributed by atoms with E-state index in [4.69, 9.17) is 4.52 Å². The molecule has 1 unspecified atom stereocenters. The van der Waals surface area contributed by atoms with Crippen LogP contribution in [0.3, 0.4) is 0 Å². The number of benzene rings is 1. The van der Waals surface area contributed by atoms with Crippen LogP contribution in [0.25, 0.3) is 11.0 Å². The van der Waals surface area contributed by atoms with Crippen molar-refractivity contribution >= 4 is 27.1 Å². The highest BCUT2D eigenvalue weighted by Gasteiger charge is 2.65. The van der Waals surface area contributed by atoms with Gasteiger partial charge in [0.1, 0.15) is 28.2 Å². The first-order chi connectivity index (χ1) is 21.1. The fraction of sp³-hybridized carbons (Fsp3) is 0.448. The lowest BCUT2D eigenvalue weighted by Gasteiger charge is -2.49. The van der Waals surface area contributed by atoms with Gasteiger partial charge in [-0.05, 0) is 55.5 Å². The molecule has 4 aromatic rings. The van der Waals surface area contributed by atoms with Crippen LogP contribution in [-0.2, 0) is 7.05 Å². The van der Waals surface area contributed by atoms with E-state index < -0.39 is 26.9 Å². The highest BCUT2D eigenvalue weighted by Crippen LogP contribution is 3.02. The number of hydrogen-bond acceptors (Lipinski definition) is 9. The van der Waals surface area contributed by atoms with Crippen LogP contribution < -0.4 is 10.6 Å². The van der Waals surface area contributed by atoms with Gasteiger partial charge in [0.2, 0.25) is 5.89 Å². The summed E-state index contributed by atoms with van der Waals surface area (Å²) in [6.45, 7) is 4.57. The highest BCUT2D eigenvalue weighted by atomic mass is 32.5. The maximum atomic E-state index is 13.6. The number of aromatic nitrogens is 5. The summed E-state index contributed by atoms with van der Waals surface area (Å²) in [5, 5.41) is 13.6. The van der Waals surface area contributed by atoms with Gasteiger partial charge in [0.15, 0.2) is 11.6 Å². The second kappa shape index (κ2) is 10.2. The van der Waals surface area contributed by atoms with Crippen LogP contribution in [0.5, 0.6) is 0 Å². The summed E-state index contributed by atoms with van der Waals surface area (Å²) in [4.78, 5) is 28.4. The molecule has 1 aromatic carbocycles. The molecule has 1 saturated heterocycles. The zero-order valence-electron chi connectivity index (χ0n) is 24.7. The van der Waals surface area contributed by atoms with Gasteiger partial charge >= 0.3 is 15.9 Å². The zero-order chi connectivity index (χ0) is 32.4. The summed E-state index contributed by atoms with van der Waals surface area (Å²) >= 11 is 0. The van der Waals surface area contributed by atoms with Gasteiger partial charge in [-0.1, -0.05) is 50.6 Å². The molecule has 3 atom stereocenters. The minimum absolute atomic E-state index is 0.145. The largest absolute Gasteiger partial charge is 0.349 e. The molecule has 0 amide bonds. The average Bonchev–Trinajstić information content (AvgIpc) is 3.75. The summed E-state index contributed by atoms with van der Waals surface area (Å²) in [6, 6.07) is 6.75. The van der Waals surface area contributed by atoms with Gasteiger partial charge in [0, 0.05) is 38.1 Å². The summed E-state index contributed by atoms with van der Waals surface area (Å²) in [5.74, 6) is 1.15. The molecule has 0 N–H and O–H groups in total. The van der Waals surface area contributed by atoms with E-state index in [1.54, 1.807) is 13.1 Å². The predicted molar refractivity (Wildman–Crippen MR) is 158 cm³/mol. The van der Waals surface area contributed by atoms with Crippen LogP contribution in [0.15, 0.2) is 50.6 Å². The SMILES string of the molecule is CC[C@H]1CN(C(c2ccc(S(F)(F)(F)(F)F)cc2)c2nc(C3CC3)no2)[C@H](CC)CN1c1nc(=O)n(C)c2ccc(C#N)nc12. The molecule has 3 aromatic heterocycles. The van der Waals surface area contributed by atoms with Crippen molar-refractivity contribution in [3.63, 3.8) is 0 Å². The van der Waals surface area contributed by atoms with E-state index in [0.29, 0.717) is 66.3 Å². The minimum Gasteiger partial charge on any atom is -0.349 e. The first kappa shape index (κ1) is 30.9. The van der Waals surface area contributed by atoms with E-state index in [1.165, 1.54) is 10.6 Å². The molecular formula is C29H31F5N8O2S. The van der Waals surface area contributed by atoms with Crippen molar-refractivity contribution in [2.45, 2.75) is 68.5 Å². The molecule has 0 radical (unpaired) electrons. The molecule has 1 aliphatic heterocycles. The molecule has 240 valence electrons. The number of halogens is 5. The van der Waals surface area contributed by atoms with E-state index in [9.17, 15) is 29.5 Å². The number of nitrogens with zero attached hydrogens (tertiary/aromatic N) is 8. The monoisotopic (exact) mass is 650 g/mol. The van der Waals surface area contributed by atoms with Gasteiger partial charge in [0.05, 0.1) is 5.52 Å². The lowest BCUT2D eigenvalue weighted by molar-refractivity contribution is 0.0930. The molecule has 0 bridgehead atoms. The molecule has 2 fully saturated rings. The van der Waals surface area contributed by atoms with E-state index in [0.717, 1.165) is 25.0 Å². The van der Waals surface area contributed by atoms with Crippen molar-refractivity contribution in [3.05, 3.63) is 69.9 Å². The number of hydrogen-bond donors (Lipinski definition) is 0. The maximum Gasteiger partial charge on any atom is 0.349 e. The quantitative estimate of drug-likeness (QED) is 0.195. The van der Waals surface area contributed by atoms with Crippen LogP contribution in [0.1, 0.15) is 74.5 Å². The molecule has 4 heterocycles. The third-order valence-corrected chi connectivity index (χ3v) is 9.77. The smallest absolute Gasteiger partial charge is 0.349 e. The van der Waals surface area contributed by atoms with Gasteiger partial charge in [-0.3, -0.25) is 9.47 Å². The summed E-state index contributed by atoms with van der Waals surface area (Å²) in [5.41, 5.74) is 0.878. The molecule has 1 aliphatic carbocycles. The van der Waals surface area contributed by atoms with E-state index in [2.05, 4.69) is 20.1 Å². The van der Waals surface area contributed by atoms with Gasteiger partial charge in [0.25, 0.3) is 0 Å². The first-order valence-corrected chi connectivity index (χ1v) is 16.5. The van der Waals surface area contributed by atoms with Gasteiger partial charge in [-0.25, -0.2) is 9.78 Å². The molecule has 0 spiro atoms. The molecule has 45 heavy (non-hydrogen) atoms. The number of rotatable bonds is 8. The van der Waals surface area contributed by atoms with E-state index >= 15 is 0 Å². The van der Waals surface area contributed by atoms with Gasteiger partial charge < -0.3 is 9.42 Å². The maximum absolute atomic E-state index is 13.6. The predicted octanol–water partition coefficient (Wildman–Crippen LogP) is 6.59. The fourth-order valence-corrected chi connectivity index (χ4v) is 6.63. The Bertz CT molecular complexity index is 1870. The number of anilines is 1. The molecular weight excluding hydrogens is 619 g/mol. The number of fused-ring (bicyclic) bond motifs is 1. The lowest BCUT2D eigenvalue weighted by atomic mass is 9.96. The Balaban J connectivity index is 1.43. The van der Waals surface area contributed by atoms with Crippen LogP contribution in [-0.4, -0.2) is 54.7 Å². The Morgan fingerprint density at radius 3 is 2.27 bits per heavy atom. The third-order valence-electron chi connectivity index (χ3n) is 8.61. The van der Waals surface area contributed by atoms with Crippen molar-refractivity contribution in [3.8, 4) is 6.07 Å². The van der Waals surface area contributed by atoms with E-state index in [1.807, 2.05) is 29.7 Å². The summed E-state index contributed by atoms with van der Waals surface area (Å²) in [7, 11) is -8.31. The Morgan fingerprint density at radius 1 is 0.978 bits per heavy atom. The number of nitriles is 1. The third kappa shape index (κ3) is 5.86. The molecule has 2 aliphatic rings. The average molecular weight is 651 g/mol. The van der Waals surface area contributed by atoms with Crippen molar-refractivity contribution in [2.24, 2.45) is 7.05 Å². The van der Waals surface area contributed by atoms with Crippen LogP contribution in [0.4, 0.5) is 25.2 Å². The Morgan fingerprint density at radius 2 is 1.67 bits per heavy atom. The highest BCUT2D eigenvalue weighted by molar-refractivity contribution is 8.45. The lowest BCUT2D eigenvalue weighted by Crippen LogP contribution is -2.59. The number of aryl methyl sites for hydroxylation is 1. The van der Waals surface area contributed by atoms with Crippen LogP contribution >= 0.6 is 10.2 Å². The second-order valence-corrected chi connectivity index (χ2v) is 14.0. The van der Waals surface area contributed by atoms with Crippen LogP contribution in [0.2, 0.25) is 0 Å². The molecule has 16 heteroatoms. The molecule has 10 nitrogen and oxygen atoms in total. The number of piperazine rings is 1. The Labute approximate surface area is 255 Å². The first-order valence-electron chi connectivity index (χ1n) is 14.6. The standard InChI is InChI=1S/C29H31F5N8O2S/c1-4-20-16-42(27-24-23(40(3)29(43)38-27)13-10-19(14-35)36-24)21(5-2)15-41(20)25(28-37-26(39-44-28)18-6-7-18)17-8-11-22(12-9-17)45(30,31,32,33)34/h8-13,18,20-21,25H,4-7,15-16H2,1-3H3/t20-,21+,25?/m1/s1. The van der Waals surface area contributed by atoms with Gasteiger partial charge in [-0.15, -0.1) is 0 Å². The molecule has 6 rings (SSSR count). The topological polar surface area (TPSA) is 117 Å². The summed E-state index contributed by atoms with van der Waals surface area (Å²) in [6.07, 6.45) is 2.94. The van der Waals surface area contributed by atoms with Crippen molar-refractivity contribution in [2.75, 3.05) is 18.0 Å². The number of pyridine rings is 1. The van der Waals surface area contributed by atoms with Gasteiger partial charge in [-0.2, -0.15) is 15.2 Å². The van der Waals surface area contributed by atoms with Crippen molar-refractivity contribution < 1.29 is 24.0 Å². The summed E-state index contributed by atoms with van der Waals surface area (Å²) < 4.78 is 74.9. The van der Waals surface area contributed by atoms with Crippen LogP contribution in [0, 0.1) is 11.3 Å². The van der Waals surface area contributed by atoms with E-state index in [-0.39, 0.29) is 29.6 Å². The molecule has 1 saturated carbocycles. The normalized spacial score (nSPS) is 21.7. The zero-order valence-corrected chi connectivity index (χ0v) is 25.5.